The van der Waals surface area contributed by atoms with Gasteiger partial charge in [-0.25, -0.2) is 0 Å². The summed E-state index contributed by atoms with van der Waals surface area (Å²) in [6, 6.07) is 17.3. The maximum atomic E-state index is 12.4. The van der Waals surface area contributed by atoms with Crippen LogP contribution in [0.1, 0.15) is 18.1 Å². The molecule has 0 aliphatic rings. The average Bonchev–Trinajstić information content (AvgIpc) is 2.55. The molecule has 0 bridgehead atoms. The number of anilines is 1. The molecular formula is C19H22N2O2. The zero-order valence-corrected chi connectivity index (χ0v) is 13.6. The van der Waals surface area contributed by atoms with Gasteiger partial charge in [-0.2, -0.15) is 0 Å². The molecule has 0 saturated carbocycles. The maximum absolute atomic E-state index is 12.4. The van der Waals surface area contributed by atoms with Crippen LogP contribution in [-0.4, -0.2) is 24.9 Å². The van der Waals surface area contributed by atoms with Crippen molar-refractivity contribution >= 4 is 17.5 Å². The van der Waals surface area contributed by atoms with Gasteiger partial charge in [-0.05, 0) is 37.1 Å². The van der Waals surface area contributed by atoms with Crippen molar-refractivity contribution in [2.75, 3.05) is 18.0 Å². The molecule has 0 aliphatic carbocycles. The second kappa shape index (κ2) is 8.13. The van der Waals surface area contributed by atoms with E-state index in [4.69, 9.17) is 0 Å². The van der Waals surface area contributed by atoms with Crippen LogP contribution in [0.2, 0.25) is 0 Å². The Hall–Kier alpha value is -2.62. The molecule has 23 heavy (non-hydrogen) atoms. The molecule has 0 saturated heterocycles. The largest absolute Gasteiger partial charge is 0.347 e. The van der Waals surface area contributed by atoms with Gasteiger partial charge in [0, 0.05) is 12.2 Å². The topological polar surface area (TPSA) is 49.4 Å². The average molecular weight is 310 g/mol. The van der Waals surface area contributed by atoms with Gasteiger partial charge in [0.1, 0.15) is 0 Å². The monoisotopic (exact) mass is 310 g/mol. The minimum Gasteiger partial charge on any atom is -0.347 e. The molecule has 2 aromatic carbocycles. The van der Waals surface area contributed by atoms with Crippen molar-refractivity contribution < 1.29 is 9.59 Å². The summed E-state index contributed by atoms with van der Waals surface area (Å²) in [4.78, 5) is 26.0. The molecule has 1 N–H and O–H groups in total. The summed E-state index contributed by atoms with van der Waals surface area (Å²) in [7, 11) is 0. The van der Waals surface area contributed by atoms with Crippen LogP contribution in [0.15, 0.2) is 54.6 Å². The first-order chi connectivity index (χ1) is 11.1. The number of carbonyl (C=O) groups excluding carboxylic acids is 2. The van der Waals surface area contributed by atoms with Gasteiger partial charge in [0.15, 0.2) is 0 Å². The van der Waals surface area contributed by atoms with E-state index < -0.39 is 0 Å². The molecule has 0 radical (unpaired) electrons. The highest BCUT2D eigenvalue weighted by Crippen LogP contribution is 2.15. The molecule has 120 valence electrons. The fourth-order valence-electron chi connectivity index (χ4n) is 2.41. The number of hydrogen-bond donors (Lipinski definition) is 1. The minimum atomic E-state index is -0.148. The maximum Gasteiger partial charge on any atom is 0.246 e. The first-order valence-corrected chi connectivity index (χ1v) is 7.78. The van der Waals surface area contributed by atoms with Crippen LogP contribution < -0.4 is 10.2 Å². The second-order valence-corrected chi connectivity index (χ2v) is 5.42. The van der Waals surface area contributed by atoms with Crippen LogP contribution in [-0.2, 0) is 16.0 Å². The quantitative estimate of drug-likeness (QED) is 0.892. The molecule has 0 heterocycles. The van der Waals surface area contributed by atoms with Crippen LogP contribution in [0.5, 0.6) is 0 Å². The van der Waals surface area contributed by atoms with Gasteiger partial charge in [0.2, 0.25) is 11.8 Å². The minimum absolute atomic E-state index is 0.00739. The standard InChI is InChI=1S/C19H22N2O2/c1-3-21(17-11-7-8-15(2)12-17)19(23)14-20-18(22)13-16-9-5-4-6-10-16/h4-12H,3,13-14H2,1-2H3,(H,20,22). The van der Waals surface area contributed by atoms with Crippen molar-refractivity contribution in [3.63, 3.8) is 0 Å². The van der Waals surface area contributed by atoms with E-state index in [2.05, 4.69) is 5.32 Å². The Bertz CT molecular complexity index is 668. The second-order valence-electron chi connectivity index (χ2n) is 5.42. The first kappa shape index (κ1) is 16.7. The summed E-state index contributed by atoms with van der Waals surface area (Å²) in [5.74, 6) is -0.260. The first-order valence-electron chi connectivity index (χ1n) is 7.78. The van der Waals surface area contributed by atoms with E-state index in [0.717, 1.165) is 16.8 Å². The molecule has 0 fully saturated rings. The van der Waals surface area contributed by atoms with Crippen LogP contribution in [0.4, 0.5) is 5.69 Å². The summed E-state index contributed by atoms with van der Waals surface area (Å²) >= 11 is 0. The zero-order chi connectivity index (χ0) is 16.7. The van der Waals surface area contributed by atoms with Crippen molar-refractivity contribution in [3.8, 4) is 0 Å². The lowest BCUT2D eigenvalue weighted by atomic mass is 10.1. The lowest BCUT2D eigenvalue weighted by Gasteiger charge is -2.21. The van der Waals surface area contributed by atoms with E-state index in [9.17, 15) is 9.59 Å². The molecule has 2 aromatic rings. The molecular weight excluding hydrogens is 288 g/mol. The van der Waals surface area contributed by atoms with Crippen molar-refractivity contribution in [1.29, 1.82) is 0 Å². The summed E-state index contributed by atoms with van der Waals surface area (Å²) in [5.41, 5.74) is 2.89. The molecule has 0 aliphatic heterocycles. The molecule has 0 unspecified atom stereocenters. The Labute approximate surface area is 137 Å². The Kier molecular flexibility index (Phi) is 5.92. The molecule has 0 spiro atoms. The summed E-state index contributed by atoms with van der Waals surface area (Å²) in [6.45, 7) is 4.49. The number of benzene rings is 2. The van der Waals surface area contributed by atoms with Crippen LogP contribution in [0.3, 0.4) is 0 Å². The number of likely N-dealkylation sites (N-methyl/N-ethyl adjacent to an activating group) is 1. The van der Waals surface area contributed by atoms with E-state index in [1.165, 1.54) is 0 Å². The Morgan fingerprint density at radius 2 is 1.78 bits per heavy atom. The fraction of sp³-hybridized carbons (Fsp3) is 0.263. The smallest absolute Gasteiger partial charge is 0.246 e. The highest BCUT2D eigenvalue weighted by molar-refractivity contribution is 5.96. The van der Waals surface area contributed by atoms with Gasteiger partial charge in [-0.3, -0.25) is 9.59 Å². The number of carbonyl (C=O) groups is 2. The van der Waals surface area contributed by atoms with Gasteiger partial charge in [0.05, 0.1) is 13.0 Å². The van der Waals surface area contributed by atoms with Crippen molar-refractivity contribution in [2.45, 2.75) is 20.3 Å². The third-order valence-electron chi connectivity index (χ3n) is 3.57. The number of amides is 2. The predicted molar refractivity (Wildman–Crippen MR) is 92.4 cm³/mol. The highest BCUT2D eigenvalue weighted by Gasteiger charge is 2.15. The Balaban J connectivity index is 1.91. The number of hydrogen-bond acceptors (Lipinski definition) is 2. The third-order valence-corrected chi connectivity index (χ3v) is 3.57. The van der Waals surface area contributed by atoms with Crippen LogP contribution in [0.25, 0.3) is 0 Å². The van der Waals surface area contributed by atoms with Gasteiger partial charge in [-0.15, -0.1) is 0 Å². The van der Waals surface area contributed by atoms with Gasteiger partial charge in [-0.1, -0.05) is 42.5 Å². The van der Waals surface area contributed by atoms with Crippen molar-refractivity contribution in [3.05, 3.63) is 65.7 Å². The molecule has 0 aromatic heterocycles. The molecule has 4 nitrogen and oxygen atoms in total. The zero-order valence-electron chi connectivity index (χ0n) is 13.6. The van der Waals surface area contributed by atoms with E-state index >= 15 is 0 Å². The molecule has 4 heteroatoms. The SMILES string of the molecule is CCN(C(=O)CNC(=O)Cc1ccccc1)c1cccc(C)c1. The molecule has 2 rings (SSSR count). The summed E-state index contributed by atoms with van der Waals surface area (Å²) < 4.78 is 0. The van der Waals surface area contributed by atoms with E-state index in [1.54, 1.807) is 4.90 Å². The van der Waals surface area contributed by atoms with Gasteiger partial charge < -0.3 is 10.2 Å². The number of nitrogens with zero attached hydrogens (tertiary/aromatic N) is 1. The molecule has 0 atom stereocenters. The Morgan fingerprint density at radius 1 is 1.04 bits per heavy atom. The molecule has 2 amide bonds. The van der Waals surface area contributed by atoms with Crippen molar-refractivity contribution in [2.24, 2.45) is 0 Å². The van der Waals surface area contributed by atoms with Gasteiger partial charge >= 0.3 is 0 Å². The highest BCUT2D eigenvalue weighted by atomic mass is 16.2. The van der Waals surface area contributed by atoms with E-state index in [1.807, 2.05) is 68.4 Å². The lowest BCUT2D eigenvalue weighted by Crippen LogP contribution is -2.40. The van der Waals surface area contributed by atoms with Crippen LogP contribution >= 0.6 is 0 Å². The van der Waals surface area contributed by atoms with E-state index in [0.29, 0.717) is 6.54 Å². The number of rotatable bonds is 6. The lowest BCUT2D eigenvalue weighted by molar-refractivity contribution is -0.124. The summed E-state index contributed by atoms with van der Waals surface area (Å²) in [5, 5.41) is 2.70. The number of aryl methyl sites for hydroxylation is 1. The van der Waals surface area contributed by atoms with E-state index in [-0.39, 0.29) is 24.8 Å². The number of nitrogens with one attached hydrogen (secondary N) is 1. The van der Waals surface area contributed by atoms with Gasteiger partial charge in [0.25, 0.3) is 0 Å². The van der Waals surface area contributed by atoms with Crippen molar-refractivity contribution in [1.82, 2.24) is 5.32 Å². The van der Waals surface area contributed by atoms with Crippen LogP contribution in [0, 0.1) is 6.92 Å². The fourth-order valence-corrected chi connectivity index (χ4v) is 2.41. The Morgan fingerprint density at radius 3 is 2.43 bits per heavy atom. The normalized spacial score (nSPS) is 10.2. The summed E-state index contributed by atoms with van der Waals surface area (Å²) in [6.07, 6.45) is 0.282. The predicted octanol–water partition coefficient (Wildman–Crippen LogP) is 2.71. The third kappa shape index (κ3) is 4.95.